The van der Waals surface area contributed by atoms with Crippen LogP contribution in [0.3, 0.4) is 0 Å². The van der Waals surface area contributed by atoms with Crippen LogP contribution >= 0.6 is 11.6 Å². The van der Waals surface area contributed by atoms with Gasteiger partial charge < -0.3 is 14.5 Å². The minimum atomic E-state index is -1.13. The van der Waals surface area contributed by atoms with Crippen molar-refractivity contribution in [3.63, 3.8) is 0 Å². The lowest BCUT2D eigenvalue weighted by Gasteiger charge is -2.25. The average Bonchev–Trinajstić information content (AvgIpc) is 3.33. The van der Waals surface area contributed by atoms with Crippen LogP contribution in [-0.2, 0) is 16.9 Å². The number of imide groups is 1. The van der Waals surface area contributed by atoms with E-state index in [1.165, 1.54) is 0 Å². The molecule has 0 radical (unpaired) electrons. The zero-order valence-electron chi connectivity index (χ0n) is 16.5. The Bertz CT molecular complexity index is 1080. The van der Waals surface area contributed by atoms with Crippen molar-refractivity contribution >= 4 is 23.5 Å². The van der Waals surface area contributed by atoms with E-state index in [-0.39, 0.29) is 18.3 Å². The molecule has 30 heavy (non-hydrogen) atoms. The first kappa shape index (κ1) is 20.0. The molecule has 0 bridgehead atoms. The molecule has 1 atom stereocenters. The number of carbonyl (C=O) groups excluding carboxylic acids is 2. The average molecular weight is 426 g/mol. The number of hydrogen-bond donors (Lipinski definition) is 1. The van der Waals surface area contributed by atoms with Crippen LogP contribution in [-0.4, -0.2) is 28.9 Å². The summed E-state index contributed by atoms with van der Waals surface area (Å²) in [6.45, 7) is 1.80. The van der Waals surface area contributed by atoms with Crippen LogP contribution in [0.25, 0.3) is 11.3 Å². The molecule has 0 spiro atoms. The van der Waals surface area contributed by atoms with Gasteiger partial charge in [-0.3, -0.25) is 9.69 Å². The summed E-state index contributed by atoms with van der Waals surface area (Å²) in [6.07, 6.45) is 1.97. The van der Waals surface area contributed by atoms with Crippen LogP contribution in [0.2, 0.25) is 5.02 Å². The highest BCUT2D eigenvalue weighted by atomic mass is 35.5. The largest absolute Gasteiger partial charge is 0.497 e. The SMILES string of the molecule is CCC1(c2ccc(OC)cc2)NC(=O)N(Cc2ncc(-c3ccc(Cl)cc3)o2)C1=O. The molecule has 2 heterocycles. The summed E-state index contributed by atoms with van der Waals surface area (Å²) in [7, 11) is 1.57. The van der Waals surface area contributed by atoms with E-state index in [4.69, 9.17) is 20.8 Å². The second-order valence-electron chi connectivity index (χ2n) is 6.93. The predicted octanol–water partition coefficient (Wildman–Crippen LogP) is 4.36. The number of oxazole rings is 1. The van der Waals surface area contributed by atoms with Crippen LogP contribution in [0.5, 0.6) is 5.75 Å². The first-order chi connectivity index (χ1) is 14.5. The van der Waals surface area contributed by atoms with E-state index in [1.54, 1.807) is 49.7 Å². The fourth-order valence-electron chi connectivity index (χ4n) is 3.55. The first-order valence-corrected chi connectivity index (χ1v) is 9.84. The third kappa shape index (κ3) is 3.41. The van der Waals surface area contributed by atoms with Gasteiger partial charge in [-0.15, -0.1) is 0 Å². The molecular weight excluding hydrogens is 406 g/mol. The summed E-state index contributed by atoms with van der Waals surface area (Å²) in [4.78, 5) is 31.3. The molecular formula is C22H20ClN3O4. The molecule has 1 aliphatic heterocycles. The lowest BCUT2D eigenvalue weighted by Crippen LogP contribution is -2.43. The van der Waals surface area contributed by atoms with E-state index in [9.17, 15) is 9.59 Å². The first-order valence-electron chi connectivity index (χ1n) is 9.46. The van der Waals surface area contributed by atoms with Crippen LogP contribution < -0.4 is 10.1 Å². The minimum Gasteiger partial charge on any atom is -0.497 e. The number of rotatable bonds is 6. The summed E-state index contributed by atoms with van der Waals surface area (Å²) in [5.74, 6) is 1.13. The molecule has 1 fully saturated rings. The summed E-state index contributed by atoms with van der Waals surface area (Å²) in [5.41, 5.74) is 0.368. The van der Waals surface area contributed by atoms with Crippen molar-refractivity contribution in [1.29, 1.82) is 0 Å². The zero-order chi connectivity index (χ0) is 21.3. The second-order valence-corrected chi connectivity index (χ2v) is 7.37. The second kappa shape index (κ2) is 7.84. The van der Waals surface area contributed by atoms with Crippen LogP contribution in [0.1, 0.15) is 24.8 Å². The van der Waals surface area contributed by atoms with E-state index in [1.807, 2.05) is 19.1 Å². The Morgan fingerprint density at radius 3 is 2.47 bits per heavy atom. The molecule has 1 saturated heterocycles. The smallest absolute Gasteiger partial charge is 0.325 e. The van der Waals surface area contributed by atoms with Crippen molar-refractivity contribution in [1.82, 2.24) is 15.2 Å². The Balaban J connectivity index is 1.57. The number of urea groups is 1. The van der Waals surface area contributed by atoms with E-state index < -0.39 is 11.6 Å². The number of benzene rings is 2. The minimum absolute atomic E-state index is 0.0594. The summed E-state index contributed by atoms with van der Waals surface area (Å²) in [5, 5.41) is 3.47. The van der Waals surface area contributed by atoms with Crippen molar-refractivity contribution in [3.8, 4) is 17.1 Å². The Labute approximate surface area is 178 Å². The Morgan fingerprint density at radius 1 is 1.13 bits per heavy atom. The van der Waals surface area contributed by atoms with Crippen molar-refractivity contribution in [2.45, 2.75) is 25.4 Å². The van der Waals surface area contributed by atoms with Gasteiger partial charge in [-0.1, -0.05) is 30.7 Å². The van der Waals surface area contributed by atoms with Crippen molar-refractivity contribution in [3.05, 3.63) is 71.2 Å². The van der Waals surface area contributed by atoms with E-state index in [2.05, 4.69) is 10.3 Å². The monoisotopic (exact) mass is 425 g/mol. The molecule has 3 amide bonds. The lowest BCUT2D eigenvalue weighted by molar-refractivity contribution is -0.132. The maximum atomic E-state index is 13.3. The fourth-order valence-corrected chi connectivity index (χ4v) is 3.68. The molecule has 8 heteroatoms. The van der Waals surface area contributed by atoms with Gasteiger partial charge in [0.15, 0.2) is 5.76 Å². The number of carbonyl (C=O) groups is 2. The fraction of sp³-hybridized carbons (Fsp3) is 0.227. The topological polar surface area (TPSA) is 84.7 Å². The predicted molar refractivity (Wildman–Crippen MR) is 111 cm³/mol. The highest BCUT2D eigenvalue weighted by Gasteiger charge is 2.51. The van der Waals surface area contributed by atoms with E-state index in [0.29, 0.717) is 28.5 Å². The van der Waals surface area contributed by atoms with Crippen molar-refractivity contribution in [2.75, 3.05) is 7.11 Å². The summed E-state index contributed by atoms with van der Waals surface area (Å²) >= 11 is 5.92. The lowest BCUT2D eigenvalue weighted by atomic mass is 9.87. The van der Waals surface area contributed by atoms with Gasteiger partial charge in [0, 0.05) is 10.6 Å². The van der Waals surface area contributed by atoms with Crippen molar-refractivity contribution < 1.29 is 18.7 Å². The maximum Gasteiger partial charge on any atom is 0.325 e. The molecule has 3 aromatic rings. The van der Waals surface area contributed by atoms with Gasteiger partial charge in [0.05, 0.1) is 13.3 Å². The van der Waals surface area contributed by atoms with Gasteiger partial charge in [0.2, 0.25) is 5.89 Å². The number of halogens is 1. The third-order valence-electron chi connectivity index (χ3n) is 5.26. The van der Waals surface area contributed by atoms with Gasteiger partial charge in [0.25, 0.3) is 5.91 Å². The molecule has 0 saturated carbocycles. The van der Waals surface area contributed by atoms with Crippen molar-refractivity contribution in [2.24, 2.45) is 0 Å². The van der Waals surface area contributed by atoms with Crippen LogP contribution in [0, 0.1) is 0 Å². The van der Waals surface area contributed by atoms with E-state index in [0.717, 1.165) is 10.5 Å². The molecule has 4 rings (SSSR count). The molecule has 1 N–H and O–H groups in total. The molecule has 154 valence electrons. The number of aromatic nitrogens is 1. The normalized spacial score (nSPS) is 18.6. The van der Waals surface area contributed by atoms with E-state index >= 15 is 0 Å². The van der Waals surface area contributed by atoms with Crippen LogP contribution in [0.4, 0.5) is 4.79 Å². The standard InChI is InChI=1S/C22H20ClN3O4/c1-3-22(15-6-10-17(29-2)11-7-15)20(27)26(21(28)25-22)13-19-24-12-18(30-19)14-4-8-16(23)9-5-14/h4-12H,3,13H2,1-2H3,(H,25,28). The van der Waals surface area contributed by atoms with Gasteiger partial charge >= 0.3 is 6.03 Å². The number of ether oxygens (including phenoxy) is 1. The Hall–Kier alpha value is -3.32. The zero-order valence-corrected chi connectivity index (χ0v) is 17.3. The van der Waals surface area contributed by atoms with Gasteiger partial charge in [0.1, 0.15) is 17.8 Å². The highest BCUT2D eigenvalue weighted by Crippen LogP contribution is 2.34. The van der Waals surface area contributed by atoms with Gasteiger partial charge in [-0.05, 0) is 48.4 Å². The molecule has 1 unspecified atom stereocenters. The van der Waals surface area contributed by atoms with Gasteiger partial charge in [-0.2, -0.15) is 0 Å². The maximum absolute atomic E-state index is 13.3. The quantitative estimate of drug-likeness (QED) is 0.593. The summed E-state index contributed by atoms with van der Waals surface area (Å²) in [6, 6.07) is 13.7. The van der Waals surface area contributed by atoms with Gasteiger partial charge in [-0.25, -0.2) is 9.78 Å². The number of amides is 3. The highest BCUT2D eigenvalue weighted by molar-refractivity contribution is 6.30. The third-order valence-corrected chi connectivity index (χ3v) is 5.52. The Morgan fingerprint density at radius 2 is 1.83 bits per heavy atom. The number of nitrogens with zero attached hydrogens (tertiary/aromatic N) is 2. The molecule has 0 aliphatic carbocycles. The molecule has 2 aromatic carbocycles. The molecule has 7 nitrogen and oxygen atoms in total. The van der Waals surface area contributed by atoms with Crippen LogP contribution in [0.15, 0.2) is 59.1 Å². The molecule has 1 aromatic heterocycles. The molecule has 1 aliphatic rings. The summed E-state index contributed by atoms with van der Waals surface area (Å²) < 4.78 is 10.9. The number of methoxy groups -OCH3 is 1. The number of nitrogens with one attached hydrogen (secondary N) is 1. The number of hydrogen-bond acceptors (Lipinski definition) is 5. The Kier molecular flexibility index (Phi) is 5.22.